The van der Waals surface area contributed by atoms with Crippen molar-refractivity contribution in [2.75, 3.05) is 0 Å². The molecular weight excluding hydrogens is 268 g/mol. The summed E-state index contributed by atoms with van der Waals surface area (Å²) in [4.78, 5) is 23.9. The van der Waals surface area contributed by atoms with Gasteiger partial charge in [-0.05, 0) is 36.5 Å². The van der Waals surface area contributed by atoms with Crippen LogP contribution in [0.2, 0.25) is 0 Å². The minimum absolute atomic E-state index is 0.137. The van der Waals surface area contributed by atoms with Crippen molar-refractivity contribution >= 4 is 11.9 Å². The maximum Gasteiger partial charge on any atom is 0.310 e. The molecule has 0 radical (unpaired) electrons. The summed E-state index contributed by atoms with van der Waals surface area (Å²) in [6, 6.07) is 0. The molecule has 0 saturated heterocycles. The van der Waals surface area contributed by atoms with Crippen molar-refractivity contribution in [3.8, 4) is 0 Å². The van der Waals surface area contributed by atoms with E-state index in [1.165, 1.54) is 0 Å². The monoisotopic (exact) mass is 300 g/mol. The van der Waals surface area contributed by atoms with E-state index < -0.39 is 23.3 Å². The number of rotatable bonds is 8. The molecule has 2 unspecified atom stereocenters. The van der Waals surface area contributed by atoms with Crippen LogP contribution in [0.1, 0.15) is 67.7 Å². The van der Waals surface area contributed by atoms with Gasteiger partial charge in [0.2, 0.25) is 0 Å². The summed E-state index contributed by atoms with van der Waals surface area (Å²) in [6.07, 6.45) is 1.16. The number of carbonyl (C=O) groups is 2. The average molecular weight is 300 g/mol. The Hall–Kier alpha value is -1.06. The normalized spacial score (nSPS) is 16.8. The van der Waals surface area contributed by atoms with Crippen molar-refractivity contribution in [3.05, 3.63) is 0 Å². The molecule has 2 N–H and O–H groups in total. The van der Waals surface area contributed by atoms with Gasteiger partial charge in [-0.15, -0.1) is 0 Å². The first-order chi connectivity index (χ1) is 9.31. The molecule has 0 spiro atoms. The molecular formula is C17H32O4. The minimum Gasteiger partial charge on any atom is -0.481 e. The van der Waals surface area contributed by atoms with Gasteiger partial charge in [-0.3, -0.25) is 9.59 Å². The SMILES string of the molecule is CC(C)CC(C(=O)O)C(CC(C)C)(CC(C)(C)C)C(=O)O. The van der Waals surface area contributed by atoms with Crippen molar-refractivity contribution in [2.45, 2.75) is 67.7 Å². The molecule has 21 heavy (non-hydrogen) atoms. The molecule has 0 heterocycles. The Morgan fingerprint density at radius 3 is 1.67 bits per heavy atom. The summed E-state index contributed by atoms with van der Waals surface area (Å²) < 4.78 is 0. The quantitative estimate of drug-likeness (QED) is 0.701. The van der Waals surface area contributed by atoms with Crippen LogP contribution in [0.3, 0.4) is 0 Å². The Balaban J connectivity index is 5.91. The number of aliphatic carboxylic acids is 2. The average Bonchev–Trinajstić information content (AvgIpc) is 2.21. The van der Waals surface area contributed by atoms with E-state index in [1.807, 2.05) is 48.5 Å². The molecule has 0 aliphatic rings. The molecule has 0 fully saturated rings. The van der Waals surface area contributed by atoms with Gasteiger partial charge in [0.1, 0.15) is 0 Å². The highest BCUT2D eigenvalue weighted by atomic mass is 16.4. The fraction of sp³-hybridized carbons (Fsp3) is 0.882. The van der Waals surface area contributed by atoms with E-state index in [2.05, 4.69) is 0 Å². The zero-order chi connectivity index (χ0) is 17.0. The summed E-state index contributed by atoms with van der Waals surface area (Å²) >= 11 is 0. The second-order valence-corrected chi connectivity index (χ2v) is 8.32. The van der Waals surface area contributed by atoms with E-state index in [0.717, 1.165) is 0 Å². The molecule has 0 aliphatic heterocycles. The summed E-state index contributed by atoms with van der Waals surface area (Å²) in [6.45, 7) is 13.7. The Labute approximate surface area is 128 Å². The maximum atomic E-state index is 12.1. The summed E-state index contributed by atoms with van der Waals surface area (Å²) in [5.74, 6) is -2.53. The van der Waals surface area contributed by atoms with Crippen molar-refractivity contribution in [2.24, 2.45) is 28.6 Å². The van der Waals surface area contributed by atoms with Gasteiger partial charge in [0, 0.05) is 0 Å². The second-order valence-electron chi connectivity index (χ2n) is 8.32. The van der Waals surface area contributed by atoms with Crippen molar-refractivity contribution < 1.29 is 19.8 Å². The molecule has 124 valence electrons. The Bertz CT molecular complexity index is 365. The highest BCUT2D eigenvalue weighted by Gasteiger charge is 2.51. The molecule has 0 saturated carbocycles. The smallest absolute Gasteiger partial charge is 0.310 e. The molecule has 0 rings (SSSR count). The summed E-state index contributed by atoms with van der Waals surface area (Å²) in [5.41, 5.74) is -1.44. The Kier molecular flexibility index (Phi) is 6.91. The first-order valence-corrected chi connectivity index (χ1v) is 7.78. The van der Waals surface area contributed by atoms with Gasteiger partial charge < -0.3 is 10.2 Å². The standard InChI is InChI=1S/C17H32O4/c1-11(2)8-13(14(18)19)17(15(20)21,9-12(3)4)10-16(5,6)7/h11-13H,8-10H2,1-7H3,(H,18,19)(H,20,21). The Morgan fingerprint density at radius 2 is 1.43 bits per heavy atom. The number of hydrogen-bond acceptors (Lipinski definition) is 2. The first kappa shape index (κ1) is 19.9. The minimum atomic E-state index is -1.21. The fourth-order valence-corrected chi connectivity index (χ4v) is 3.36. The van der Waals surface area contributed by atoms with Crippen molar-refractivity contribution in [3.63, 3.8) is 0 Å². The topological polar surface area (TPSA) is 74.6 Å². The van der Waals surface area contributed by atoms with Gasteiger partial charge in [0.25, 0.3) is 0 Å². The lowest BCUT2D eigenvalue weighted by Crippen LogP contribution is -2.46. The van der Waals surface area contributed by atoms with E-state index in [-0.39, 0.29) is 17.3 Å². The van der Waals surface area contributed by atoms with E-state index in [4.69, 9.17) is 0 Å². The first-order valence-electron chi connectivity index (χ1n) is 7.78. The lowest BCUT2D eigenvalue weighted by Gasteiger charge is -2.41. The van der Waals surface area contributed by atoms with Crippen LogP contribution in [0.25, 0.3) is 0 Å². The molecule has 0 aliphatic carbocycles. The molecule has 0 aromatic carbocycles. The highest BCUT2D eigenvalue weighted by Crippen LogP contribution is 2.47. The van der Waals surface area contributed by atoms with E-state index >= 15 is 0 Å². The van der Waals surface area contributed by atoms with Crippen LogP contribution in [0.15, 0.2) is 0 Å². The van der Waals surface area contributed by atoms with Crippen molar-refractivity contribution in [1.29, 1.82) is 0 Å². The van der Waals surface area contributed by atoms with Gasteiger partial charge in [0.05, 0.1) is 11.3 Å². The van der Waals surface area contributed by atoms with Gasteiger partial charge in [-0.25, -0.2) is 0 Å². The third-order valence-corrected chi connectivity index (χ3v) is 3.72. The molecule has 2 atom stereocenters. The third-order valence-electron chi connectivity index (χ3n) is 3.72. The fourth-order valence-electron chi connectivity index (χ4n) is 3.36. The van der Waals surface area contributed by atoms with Gasteiger partial charge in [-0.2, -0.15) is 0 Å². The predicted molar refractivity (Wildman–Crippen MR) is 84.2 cm³/mol. The van der Waals surface area contributed by atoms with Crippen LogP contribution in [0, 0.1) is 28.6 Å². The zero-order valence-corrected chi connectivity index (χ0v) is 14.6. The lowest BCUT2D eigenvalue weighted by molar-refractivity contribution is -0.168. The van der Waals surface area contributed by atoms with Crippen LogP contribution < -0.4 is 0 Å². The maximum absolute atomic E-state index is 12.1. The molecule has 0 bridgehead atoms. The second kappa shape index (κ2) is 7.28. The molecule has 4 nitrogen and oxygen atoms in total. The summed E-state index contributed by atoms with van der Waals surface area (Å²) in [5, 5.41) is 19.6. The van der Waals surface area contributed by atoms with E-state index in [1.54, 1.807) is 0 Å². The van der Waals surface area contributed by atoms with E-state index in [0.29, 0.717) is 19.3 Å². The Morgan fingerprint density at radius 1 is 0.952 bits per heavy atom. The van der Waals surface area contributed by atoms with Crippen LogP contribution >= 0.6 is 0 Å². The van der Waals surface area contributed by atoms with E-state index in [9.17, 15) is 19.8 Å². The van der Waals surface area contributed by atoms with Gasteiger partial charge in [-0.1, -0.05) is 48.5 Å². The number of hydrogen-bond donors (Lipinski definition) is 2. The van der Waals surface area contributed by atoms with Gasteiger partial charge >= 0.3 is 11.9 Å². The number of carboxylic acids is 2. The zero-order valence-electron chi connectivity index (χ0n) is 14.6. The largest absolute Gasteiger partial charge is 0.481 e. The van der Waals surface area contributed by atoms with Gasteiger partial charge in [0.15, 0.2) is 0 Å². The predicted octanol–water partition coefficient (Wildman–Crippen LogP) is 4.29. The molecule has 4 heteroatoms. The molecule has 0 aromatic rings. The summed E-state index contributed by atoms with van der Waals surface area (Å²) in [7, 11) is 0. The van der Waals surface area contributed by atoms with Crippen molar-refractivity contribution in [1.82, 2.24) is 0 Å². The molecule has 0 amide bonds. The number of carboxylic acid groups (broad SMARTS) is 2. The molecule has 0 aromatic heterocycles. The lowest BCUT2D eigenvalue weighted by atomic mass is 9.61. The highest BCUT2D eigenvalue weighted by molar-refractivity contribution is 5.83. The van der Waals surface area contributed by atoms with Crippen LogP contribution in [0.4, 0.5) is 0 Å². The van der Waals surface area contributed by atoms with Crippen LogP contribution in [-0.2, 0) is 9.59 Å². The van der Waals surface area contributed by atoms with Crippen LogP contribution in [0.5, 0.6) is 0 Å². The van der Waals surface area contributed by atoms with Crippen LogP contribution in [-0.4, -0.2) is 22.2 Å². The third kappa shape index (κ3) is 6.06.